The molecule has 0 bridgehead atoms. The lowest BCUT2D eigenvalue weighted by atomic mass is 10.0. The largest absolute Gasteiger partial charge is 0.483 e. The van der Waals surface area contributed by atoms with Gasteiger partial charge < -0.3 is 30.3 Å². The van der Waals surface area contributed by atoms with E-state index < -0.39 is 18.2 Å². The van der Waals surface area contributed by atoms with Crippen molar-refractivity contribution in [1.82, 2.24) is 29.5 Å². The molecule has 15 heteroatoms. The van der Waals surface area contributed by atoms with Crippen molar-refractivity contribution in [3.63, 3.8) is 0 Å². The number of hydrogen-bond acceptors (Lipinski definition) is 9. The van der Waals surface area contributed by atoms with Crippen molar-refractivity contribution in [3.8, 4) is 23.1 Å². The molecule has 2 aromatic heterocycles. The number of carbonyl (C=O) groups is 3. The monoisotopic (exact) mass is 646 g/mol. The van der Waals surface area contributed by atoms with E-state index in [1.165, 1.54) is 24.5 Å². The molecule has 0 aliphatic carbocycles. The number of ether oxygens (including phenoxy) is 1. The maximum absolute atomic E-state index is 15.0. The second kappa shape index (κ2) is 14.6. The van der Waals surface area contributed by atoms with E-state index in [1.54, 1.807) is 33.7 Å². The zero-order valence-electron chi connectivity index (χ0n) is 25.4. The van der Waals surface area contributed by atoms with Crippen LogP contribution in [0, 0.1) is 35.8 Å². The molecule has 3 N–H and O–H groups in total. The number of nitrogens with one attached hydrogen (secondary N) is 2. The van der Waals surface area contributed by atoms with Crippen LogP contribution >= 0.6 is 0 Å². The van der Waals surface area contributed by atoms with Gasteiger partial charge in [0.1, 0.15) is 6.07 Å². The van der Waals surface area contributed by atoms with Crippen LogP contribution in [0.2, 0.25) is 0 Å². The fourth-order valence-electron chi connectivity index (χ4n) is 5.70. The zero-order chi connectivity index (χ0) is 33.5. The highest BCUT2D eigenvalue weighted by Crippen LogP contribution is 2.32. The van der Waals surface area contributed by atoms with E-state index in [1.807, 2.05) is 17.9 Å². The fourth-order valence-corrected chi connectivity index (χ4v) is 5.70. The summed E-state index contributed by atoms with van der Waals surface area (Å²) in [7, 11) is 0. The van der Waals surface area contributed by atoms with E-state index in [0.717, 1.165) is 25.1 Å². The Morgan fingerprint density at radius 2 is 1.89 bits per heavy atom. The average Bonchev–Trinajstić information content (AvgIpc) is 3.77. The van der Waals surface area contributed by atoms with E-state index in [4.69, 9.17) is 19.9 Å². The summed E-state index contributed by atoms with van der Waals surface area (Å²) in [5, 5.41) is 22.0. The van der Waals surface area contributed by atoms with Crippen LogP contribution in [0.3, 0.4) is 0 Å². The molecule has 2 aromatic carbocycles. The summed E-state index contributed by atoms with van der Waals surface area (Å²) < 4.78 is 36.1. The molecule has 0 radical (unpaired) electrons. The SMILES string of the molecule is Cc1cc(Nc2nccn3c(-c4ccc(OCC#N)c(F)c4F)cnc23)ccc1C(=O)N1CCN(C(=O)[C@@H]2CCNC2)CC1.O=CO. The summed E-state index contributed by atoms with van der Waals surface area (Å²) in [5.41, 5.74) is 2.65. The number of aromatic nitrogens is 3. The number of halogens is 2. The van der Waals surface area contributed by atoms with Crippen molar-refractivity contribution in [3.05, 3.63) is 71.7 Å². The van der Waals surface area contributed by atoms with Gasteiger partial charge in [-0.3, -0.25) is 18.8 Å². The minimum absolute atomic E-state index is 0.0278. The van der Waals surface area contributed by atoms with Crippen LogP contribution in [0.4, 0.5) is 20.3 Å². The van der Waals surface area contributed by atoms with Crippen LogP contribution in [0.25, 0.3) is 16.9 Å². The summed E-state index contributed by atoms with van der Waals surface area (Å²) in [6.07, 6.45) is 5.38. The summed E-state index contributed by atoms with van der Waals surface area (Å²) in [6, 6.07) is 9.73. The molecule has 4 aromatic rings. The lowest BCUT2D eigenvalue weighted by molar-refractivity contribution is -0.136. The molecular formula is C32H32F2N8O5. The molecule has 244 valence electrons. The molecule has 0 spiro atoms. The average molecular weight is 647 g/mol. The lowest BCUT2D eigenvalue weighted by Crippen LogP contribution is -2.52. The Hall–Kier alpha value is -5.62. The van der Waals surface area contributed by atoms with Gasteiger partial charge >= 0.3 is 0 Å². The Morgan fingerprint density at radius 3 is 2.57 bits per heavy atom. The number of piperazine rings is 1. The van der Waals surface area contributed by atoms with Gasteiger partial charge in [0.05, 0.1) is 17.8 Å². The van der Waals surface area contributed by atoms with E-state index in [-0.39, 0.29) is 35.5 Å². The number of carboxylic acid groups (broad SMARTS) is 1. The van der Waals surface area contributed by atoms with Gasteiger partial charge in [-0.05, 0) is 55.8 Å². The molecule has 2 aliphatic heterocycles. The predicted molar refractivity (Wildman–Crippen MR) is 166 cm³/mol. The molecule has 1 atom stereocenters. The second-order valence-electron chi connectivity index (χ2n) is 10.9. The Labute approximate surface area is 268 Å². The first-order chi connectivity index (χ1) is 22.8. The highest BCUT2D eigenvalue weighted by molar-refractivity contribution is 5.96. The number of amides is 2. The third kappa shape index (κ3) is 6.97. The van der Waals surface area contributed by atoms with E-state index in [2.05, 4.69) is 20.6 Å². The first-order valence-electron chi connectivity index (χ1n) is 14.8. The van der Waals surface area contributed by atoms with Crippen molar-refractivity contribution in [2.75, 3.05) is 51.2 Å². The maximum Gasteiger partial charge on any atom is 0.290 e. The smallest absolute Gasteiger partial charge is 0.290 e. The van der Waals surface area contributed by atoms with Crippen LogP contribution < -0.4 is 15.4 Å². The number of benzene rings is 2. The predicted octanol–water partition coefficient (Wildman–Crippen LogP) is 3.22. The number of nitriles is 1. The summed E-state index contributed by atoms with van der Waals surface area (Å²) >= 11 is 0. The van der Waals surface area contributed by atoms with Gasteiger partial charge in [-0.15, -0.1) is 0 Å². The van der Waals surface area contributed by atoms with Gasteiger partial charge in [0.25, 0.3) is 12.4 Å². The van der Waals surface area contributed by atoms with Gasteiger partial charge in [-0.25, -0.2) is 14.4 Å². The summed E-state index contributed by atoms with van der Waals surface area (Å²) in [4.78, 5) is 46.9. The van der Waals surface area contributed by atoms with Gasteiger partial charge in [0.15, 0.2) is 29.6 Å². The minimum atomic E-state index is -1.19. The highest BCUT2D eigenvalue weighted by Gasteiger charge is 2.31. The zero-order valence-corrected chi connectivity index (χ0v) is 25.4. The van der Waals surface area contributed by atoms with Gasteiger partial charge in [-0.1, -0.05) is 0 Å². The van der Waals surface area contributed by atoms with Crippen molar-refractivity contribution in [2.45, 2.75) is 13.3 Å². The van der Waals surface area contributed by atoms with Crippen molar-refractivity contribution < 1.29 is 33.0 Å². The Kier molecular flexibility index (Phi) is 10.2. The Balaban J connectivity index is 0.00000139. The molecule has 47 heavy (non-hydrogen) atoms. The number of aryl methyl sites for hydroxylation is 1. The molecule has 0 unspecified atom stereocenters. The molecular weight excluding hydrogens is 614 g/mol. The van der Waals surface area contributed by atoms with Crippen LogP contribution in [-0.4, -0.2) is 93.4 Å². The summed E-state index contributed by atoms with van der Waals surface area (Å²) in [6.45, 7) is 4.81. The van der Waals surface area contributed by atoms with Crippen LogP contribution in [0.15, 0.2) is 48.9 Å². The first-order valence-corrected chi connectivity index (χ1v) is 14.8. The molecule has 0 saturated carbocycles. The summed E-state index contributed by atoms with van der Waals surface area (Å²) in [5.74, 6) is -2.17. The third-order valence-corrected chi connectivity index (χ3v) is 8.05. The van der Waals surface area contributed by atoms with Crippen LogP contribution in [0.5, 0.6) is 5.75 Å². The quantitative estimate of drug-likeness (QED) is 0.254. The molecule has 6 rings (SSSR count). The van der Waals surface area contributed by atoms with E-state index in [9.17, 15) is 18.4 Å². The molecule has 4 heterocycles. The molecule has 2 aliphatic rings. The van der Waals surface area contributed by atoms with Gasteiger partial charge in [0, 0.05) is 61.9 Å². The van der Waals surface area contributed by atoms with Gasteiger partial charge in [0.2, 0.25) is 11.7 Å². The second-order valence-corrected chi connectivity index (χ2v) is 10.9. The Morgan fingerprint density at radius 1 is 1.15 bits per heavy atom. The van der Waals surface area contributed by atoms with Gasteiger partial charge in [-0.2, -0.15) is 9.65 Å². The number of carbonyl (C=O) groups excluding carboxylic acids is 2. The minimum Gasteiger partial charge on any atom is -0.483 e. The number of nitrogens with zero attached hydrogens (tertiary/aromatic N) is 6. The lowest BCUT2D eigenvalue weighted by Gasteiger charge is -2.36. The molecule has 2 saturated heterocycles. The molecule has 2 fully saturated rings. The topological polar surface area (TPSA) is 165 Å². The number of anilines is 2. The Bertz CT molecular complexity index is 1830. The molecule has 2 amide bonds. The van der Waals surface area contributed by atoms with E-state index in [0.29, 0.717) is 54.6 Å². The normalized spacial score (nSPS) is 15.8. The fraction of sp³-hybridized carbons (Fsp3) is 0.312. The maximum atomic E-state index is 15.0. The van der Waals surface area contributed by atoms with Crippen LogP contribution in [-0.2, 0) is 9.59 Å². The number of imidazole rings is 1. The molecule has 13 nitrogen and oxygen atoms in total. The standard InChI is InChI=1S/C31H30F2N8O3.CH2O2/c1-19-16-21(2-3-22(19)31(43)40-13-11-39(12-14-40)30(42)20-6-8-35-17-20)38-28-29-37-18-24(41(29)10-9-36-28)23-4-5-25(44-15-7-34)27(33)26(23)32;2-1-3/h2-5,9-10,16,18,20,35H,6,8,11-15,17H2,1H3,(H,36,38);1H,(H,2,3)/t20-;/m1./s1. The van der Waals surface area contributed by atoms with Crippen LogP contribution in [0.1, 0.15) is 22.3 Å². The van der Waals surface area contributed by atoms with Crippen molar-refractivity contribution >= 4 is 35.4 Å². The van der Waals surface area contributed by atoms with Crippen molar-refractivity contribution in [2.24, 2.45) is 5.92 Å². The number of fused-ring (bicyclic) bond motifs is 1. The third-order valence-electron chi connectivity index (χ3n) is 8.05. The van der Waals surface area contributed by atoms with E-state index >= 15 is 0 Å². The highest BCUT2D eigenvalue weighted by atomic mass is 19.2. The first kappa shape index (κ1) is 32.8. The number of rotatable bonds is 7. The number of hydrogen-bond donors (Lipinski definition) is 3. The van der Waals surface area contributed by atoms with Crippen molar-refractivity contribution in [1.29, 1.82) is 5.26 Å².